The molecule has 4 nitrogen and oxygen atoms in total. The molecule has 0 spiro atoms. The molecule has 0 aromatic carbocycles. The third-order valence-electron chi connectivity index (χ3n) is 3.62. The first kappa shape index (κ1) is 14.5. The lowest BCUT2D eigenvalue weighted by atomic mass is 9.96. The van der Waals surface area contributed by atoms with Gasteiger partial charge >= 0.3 is 5.97 Å². The molecule has 0 unspecified atom stereocenters. The second-order valence-corrected chi connectivity index (χ2v) is 5.86. The van der Waals surface area contributed by atoms with Gasteiger partial charge in [-0.2, -0.15) is 0 Å². The van der Waals surface area contributed by atoms with Gasteiger partial charge in [0.25, 0.3) is 0 Å². The number of hydrogen-bond donors (Lipinski definition) is 2. The molecule has 1 saturated carbocycles. The van der Waals surface area contributed by atoms with E-state index in [1.54, 1.807) is 0 Å². The van der Waals surface area contributed by atoms with E-state index >= 15 is 0 Å². The summed E-state index contributed by atoms with van der Waals surface area (Å²) in [6.07, 6.45) is 3.68. The molecule has 5 heteroatoms. The third-order valence-corrected chi connectivity index (χ3v) is 4.94. The predicted octanol–water partition coefficient (Wildman–Crippen LogP) is 2.31. The number of alkyl halides is 1. The lowest BCUT2D eigenvalue weighted by molar-refractivity contribution is -0.147. The normalized spacial score (nSPS) is 21.8. The number of nitrogens with one attached hydrogen (secondary N) is 1. The molecular formula is C12H20BrNO3. The Morgan fingerprint density at radius 2 is 1.94 bits per heavy atom. The minimum absolute atomic E-state index is 0.197. The standard InChI is InChI=1S/C12H20BrNO3/c1-3-8(2)9(13)10(15)14-12(11(16)17)6-4-5-7-12/h8-9H,3-7H2,1-2H3,(H,14,15)(H,16,17)/t8-,9+/m0/s1. The summed E-state index contributed by atoms with van der Waals surface area (Å²) in [6, 6.07) is 0. The fourth-order valence-corrected chi connectivity index (χ4v) is 2.63. The molecule has 0 aromatic heterocycles. The van der Waals surface area contributed by atoms with Gasteiger partial charge in [-0.05, 0) is 18.8 Å². The van der Waals surface area contributed by atoms with Gasteiger partial charge < -0.3 is 10.4 Å². The maximum absolute atomic E-state index is 12.0. The highest BCUT2D eigenvalue weighted by molar-refractivity contribution is 9.10. The molecule has 0 heterocycles. The van der Waals surface area contributed by atoms with Crippen LogP contribution in [0.2, 0.25) is 0 Å². The molecule has 0 radical (unpaired) electrons. The monoisotopic (exact) mass is 305 g/mol. The van der Waals surface area contributed by atoms with E-state index in [0.717, 1.165) is 19.3 Å². The van der Waals surface area contributed by atoms with Crippen LogP contribution in [0.25, 0.3) is 0 Å². The number of amides is 1. The van der Waals surface area contributed by atoms with E-state index in [1.807, 2.05) is 13.8 Å². The van der Waals surface area contributed by atoms with E-state index in [1.165, 1.54) is 0 Å². The fraction of sp³-hybridized carbons (Fsp3) is 0.833. The van der Waals surface area contributed by atoms with Crippen molar-refractivity contribution in [3.05, 3.63) is 0 Å². The van der Waals surface area contributed by atoms with Crippen LogP contribution in [-0.2, 0) is 9.59 Å². The lowest BCUT2D eigenvalue weighted by Crippen LogP contribution is -2.55. The Balaban J connectivity index is 2.68. The van der Waals surface area contributed by atoms with Crippen molar-refractivity contribution in [1.29, 1.82) is 0 Å². The van der Waals surface area contributed by atoms with Crippen LogP contribution in [-0.4, -0.2) is 27.3 Å². The number of carboxylic acid groups (broad SMARTS) is 1. The number of carbonyl (C=O) groups is 2. The largest absolute Gasteiger partial charge is 0.480 e. The van der Waals surface area contributed by atoms with Crippen LogP contribution in [0.4, 0.5) is 0 Å². The van der Waals surface area contributed by atoms with E-state index in [9.17, 15) is 14.7 Å². The predicted molar refractivity (Wildman–Crippen MR) is 69.1 cm³/mol. The SMILES string of the molecule is CC[C@H](C)[C@@H](Br)C(=O)NC1(C(=O)O)CCCC1. The number of hydrogen-bond acceptors (Lipinski definition) is 2. The Kier molecular flexibility index (Phi) is 4.98. The molecule has 2 N–H and O–H groups in total. The van der Waals surface area contributed by atoms with Crippen molar-refractivity contribution in [3.63, 3.8) is 0 Å². The summed E-state index contributed by atoms with van der Waals surface area (Å²) in [5, 5.41) is 12.0. The van der Waals surface area contributed by atoms with Crippen LogP contribution in [0.3, 0.4) is 0 Å². The average Bonchev–Trinajstić information content (AvgIpc) is 2.76. The smallest absolute Gasteiger partial charge is 0.329 e. The minimum Gasteiger partial charge on any atom is -0.480 e. The number of halogens is 1. The van der Waals surface area contributed by atoms with Gasteiger partial charge in [0.1, 0.15) is 5.54 Å². The van der Waals surface area contributed by atoms with E-state index in [2.05, 4.69) is 21.2 Å². The van der Waals surface area contributed by atoms with Crippen LogP contribution in [0.5, 0.6) is 0 Å². The van der Waals surface area contributed by atoms with Gasteiger partial charge in [0.15, 0.2) is 0 Å². The molecule has 1 aliphatic carbocycles. The lowest BCUT2D eigenvalue weighted by Gasteiger charge is -2.28. The number of rotatable bonds is 5. The van der Waals surface area contributed by atoms with Crippen LogP contribution in [0.15, 0.2) is 0 Å². The third kappa shape index (κ3) is 3.21. The summed E-state index contributed by atoms with van der Waals surface area (Å²) in [5.74, 6) is -0.918. The summed E-state index contributed by atoms with van der Waals surface area (Å²) < 4.78 is 0. The van der Waals surface area contributed by atoms with Crippen LogP contribution in [0.1, 0.15) is 46.0 Å². The van der Waals surface area contributed by atoms with Crippen molar-refractivity contribution in [2.45, 2.75) is 56.3 Å². The van der Waals surface area contributed by atoms with Crippen molar-refractivity contribution in [3.8, 4) is 0 Å². The number of carbonyl (C=O) groups excluding carboxylic acids is 1. The average molecular weight is 306 g/mol. The first-order chi connectivity index (χ1) is 7.93. The first-order valence-electron chi connectivity index (χ1n) is 6.12. The van der Waals surface area contributed by atoms with E-state index in [4.69, 9.17) is 0 Å². The second kappa shape index (κ2) is 5.85. The first-order valence-corrected chi connectivity index (χ1v) is 7.04. The van der Waals surface area contributed by atoms with Crippen molar-refractivity contribution < 1.29 is 14.7 Å². The topological polar surface area (TPSA) is 66.4 Å². The highest BCUT2D eigenvalue weighted by atomic mass is 79.9. The molecule has 98 valence electrons. The molecule has 17 heavy (non-hydrogen) atoms. The molecule has 0 aromatic rings. The van der Waals surface area contributed by atoms with Gasteiger partial charge in [0, 0.05) is 0 Å². The van der Waals surface area contributed by atoms with Gasteiger partial charge in [0.2, 0.25) is 5.91 Å². The van der Waals surface area contributed by atoms with Crippen LogP contribution in [0, 0.1) is 5.92 Å². The van der Waals surface area contributed by atoms with E-state index in [-0.39, 0.29) is 16.7 Å². The molecule has 0 bridgehead atoms. The molecule has 2 atom stereocenters. The van der Waals surface area contributed by atoms with Crippen molar-refractivity contribution in [2.24, 2.45) is 5.92 Å². The Labute approximate surface area is 110 Å². The van der Waals surface area contributed by atoms with Crippen molar-refractivity contribution in [1.82, 2.24) is 5.32 Å². The second-order valence-electron chi connectivity index (χ2n) is 4.87. The summed E-state index contributed by atoms with van der Waals surface area (Å²) in [6.45, 7) is 3.98. The molecular weight excluding hydrogens is 286 g/mol. The Bertz CT molecular complexity index is 300. The van der Waals surface area contributed by atoms with E-state index < -0.39 is 11.5 Å². The summed E-state index contributed by atoms with van der Waals surface area (Å²) >= 11 is 3.34. The van der Waals surface area contributed by atoms with Crippen LogP contribution >= 0.6 is 15.9 Å². The molecule has 1 fully saturated rings. The van der Waals surface area contributed by atoms with Gasteiger partial charge in [-0.3, -0.25) is 4.79 Å². The zero-order chi connectivity index (χ0) is 13.1. The fourth-order valence-electron chi connectivity index (χ4n) is 2.14. The maximum atomic E-state index is 12.0. The quantitative estimate of drug-likeness (QED) is 0.766. The number of carboxylic acids is 1. The van der Waals surface area contributed by atoms with Gasteiger partial charge in [-0.15, -0.1) is 0 Å². The Morgan fingerprint density at radius 1 is 1.41 bits per heavy atom. The van der Waals surface area contributed by atoms with E-state index in [0.29, 0.717) is 12.8 Å². The van der Waals surface area contributed by atoms with Crippen molar-refractivity contribution in [2.75, 3.05) is 0 Å². The zero-order valence-corrected chi connectivity index (χ0v) is 11.9. The molecule has 0 aliphatic heterocycles. The molecule has 1 rings (SSSR count). The highest BCUT2D eigenvalue weighted by Gasteiger charge is 2.43. The van der Waals surface area contributed by atoms with Gasteiger partial charge in [-0.25, -0.2) is 4.79 Å². The summed E-state index contributed by atoms with van der Waals surface area (Å²) in [5.41, 5.74) is -1.03. The molecule has 1 aliphatic rings. The minimum atomic E-state index is -1.03. The summed E-state index contributed by atoms with van der Waals surface area (Å²) in [4.78, 5) is 23.0. The van der Waals surface area contributed by atoms with Crippen LogP contribution < -0.4 is 5.32 Å². The Hall–Kier alpha value is -0.580. The van der Waals surface area contributed by atoms with Gasteiger partial charge in [-0.1, -0.05) is 49.0 Å². The maximum Gasteiger partial charge on any atom is 0.329 e. The zero-order valence-electron chi connectivity index (χ0n) is 10.3. The molecule has 0 saturated heterocycles. The van der Waals surface area contributed by atoms with Crippen molar-refractivity contribution >= 4 is 27.8 Å². The number of aliphatic carboxylic acids is 1. The summed E-state index contributed by atoms with van der Waals surface area (Å²) in [7, 11) is 0. The highest BCUT2D eigenvalue weighted by Crippen LogP contribution is 2.30. The molecule has 1 amide bonds. The van der Waals surface area contributed by atoms with Gasteiger partial charge in [0.05, 0.1) is 4.83 Å². The Morgan fingerprint density at radius 3 is 2.35 bits per heavy atom.